The van der Waals surface area contributed by atoms with E-state index < -0.39 is 5.97 Å². The fourth-order valence-electron chi connectivity index (χ4n) is 3.51. The number of fused-ring (bicyclic) bond motifs is 1. The SMILES string of the molecule is CC(C)n1ccc2c(Cc3ncc(C4CC4)cc3C(=O)O)cccc21. The van der Waals surface area contributed by atoms with E-state index in [1.165, 1.54) is 10.9 Å². The van der Waals surface area contributed by atoms with E-state index in [4.69, 9.17) is 0 Å². The second-order valence-corrected chi connectivity index (χ2v) is 7.19. The van der Waals surface area contributed by atoms with Gasteiger partial charge in [-0.2, -0.15) is 0 Å². The van der Waals surface area contributed by atoms with E-state index in [-0.39, 0.29) is 0 Å². The number of carboxylic acids is 1. The summed E-state index contributed by atoms with van der Waals surface area (Å²) in [7, 11) is 0. The molecule has 1 N–H and O–H groups in total. The van der Waals surface area contributed by atoms with E-state index in [0.717, 1.165) is 24.0 Å². The lowest BCUT2D eigenvalue weighted by atomic mass is 10.00. The summed E-state index contributed by atoms with van der Waals surface area (Å²) in [5.74, 6) is -0.389. The molecule has 1 aromatic carbocycles. The molecule has 4 heteroatoms. The molecule has 1 aliphatic carbocycles. The Morgan fingerprint density at radius 3 is 2.80 bits per heavy atom. The highest BCUT2D eigenvalue weighted by molar-refractivity contribution is 5.90. The van der Waals surface area contributed by atoms with Crippen molar-refractivity contribution >= 4 is 16.9 Å². The number of aromatic carboxylic acids is 1. The molecule has 1 aliphatic rings. The van der Waals surface area contributed by atoms with Crippen molar-refractivity contribution in [2.45, 2.75) is 45.1 Å². The highest BCUT2D eigenvalue weighted by Crippen LogP contribution is 2.40. The van der Waals surface area contributed by atoms with Crippen LogP contribution in [0.3, 0.4) is 0 Å². The average molecular weight is 334 g/mol. The van der Waals surface area contributed by atoms with E-state index in [1.807, 2.05) is 18.3 Å². The third-order valence-electron chi connectivity index (χ3n) is 5.04. The maximum atomic E-state index is 11.7. The van der Waals surface area contributed by atoms with Gasteiger partial charge in [0.2, 0.25) is 0 Å². The standard InChI is InChI=1S/C21H22N2O2/c1-13(2)23-9-8-17-15(4-3-5-20(17)23)11-19-18(21(24)25)10-16(12-22-19)14-6-7-14/h3-5,8-10,12-14H,6-7,11H2,1-2H3,(H,24,25). The maximum absolute atomic E-state index is 11.7. The molecule has 0 bridgehead atoms. The van der Waals surface area contributed by atoms with Crippen molar-refractivity contribution in [2.75, 3.05) is 0 Å². The molecule has 2 heterocycles. The molecule has 0 radical (unpaired) electrons. The highest BCUT2D eigenvalue weighted by atomic mass is 16.4. The minimum absolute atomic E-state index is 0.338. The van der Waals surface area contributed by atoms with Gasteiger partial charge in [-0.1, -0.05) is 12.1 Å². The first-order valence-electron chi connectivity index (χ1n) is 8.85. The Kier molecular flexibility index (Phi) is 3.83. The molecule has 0 atom stereocenters. The Morgan fingerprint density at radius 2 is 2.12 bits per heavy atom. The Hall–Kier alpha value is -2.62. The van der Waals surface area contributed by atoms with Gasteiger partial charge in [0.1, 0.15) is 0 Å². The highest BCUT2D eigenvalue weighted by Gasteiger charge is 2.26. The molecule has 25 heavy (non-hydrogen) atoms. The van der Waals surface area contributed by atoms with Crippen molar-refractivity contribution in [2.24, 2.45) is 0 Å². The van der Waals surface area contributed by atoms with Crippen LogP contribution in [0.2, 0.25) is 0 Å². The van der Waals surface area contributed by atoms with Crippen molar-refractivity contribution in [1.82, 2.24) is 9.55 Å². The van der Waals surface area contributed by atoms with Gasteiger partial charge in [-0.15, -0.1) is 0 Å². The molecular weight excluding hydrogens is 312 g/mol. The van der Waals surface area contributed by atoms with Gasteiger partial charge in [0.05, 0.1) is 11.3 Å². The first kappa shape index (κ1) is 15.9. The molecule has 2 aromatic heterocycles. The van der Waals surface area contributed by atoms with Crippen LogP contribution in [0.1, 0.15) is 65.8 Å². The third kappa shape index (κ3) is 2.93. The third-order valence-corrected chi connectivity index (χ3v) is 5.04. The van der Waals surface area contributed by atoms with Gasteiger partial charge < -0.3 is 9.67 Å². The normalized spacial score (nSPS) is 14.4. The van der Waals surface area contributed by atoms with Gasteiger partial charge in [0, 0.05) is 35.8 Å². The molecule has 1 saturated carbocycles. The van der Waals surface area contributed by atoms with Gasteiger partial charge in [0.25, 0.3) is 0 Å². The molecule has 0 spiro atoms. The molecule has 4 rings (SSSR count). The van der Waals surface area contributed by atoms with Crippen molar-refractivity contribution in [3.8, 4) is 0 Å². The summed E-state index contributed by atoms with van der Waals surface area (Å²) in [6, 6.07) is 10.5. The Morgan fingerprint density at radius 1 is 1.32 bits per heavy atom. The first-order chi connectivity index (χ1) is 12.0. The fraction of sp³-hybridized carbons (Fsp3) is 0.333. The van der Waals surface area contributed by atoms with E-state index in [0.29, 0.717) is 29.6 Å². The quantitative estimate of drug-likeness (QED) is 0.730. The van der Waals surface area contributed by atoms with E-state index in [9.17, 15) is 9.90 Å². The van der Waals surface area contributed by atoms with Crippen LogP contribution in [0.25, 0.3) is 10.9 Å². The van der Waals surface area contributed by atoms with E-state index >= 15 is 0 Å². The predicted molar refractivity (Wildman–Crippen MR) is 98.3 cm³/mol. The number of rotatable bonds is 5. The van der Waals surface area contributed by atoms with Crippen molar-refractivity contribution in [3.05, 3.63) is 65.1 Å². The minimum Gasteiger partial charge on any atom is -0.478 e. The van der Waals surface area contributed by atoms with Crippen LogP contribution >= 0.6 is 0 Å². The molecule has 0 saturated heterocycles. The van der Waals surface area contributed by atoms with Crippen LogP contribution in [-0.4, -0.2) is 20.6 Å². The summed E-state index contributed by atoms with van der Waals surface area (Å²) in [4.78, 5) is 16.2. The van der Waals surface area contributed by atoms with Gasteiger partial charge in [-0.05, 0) is 61.9 Å². The molecule has 0 aliphatic heterocycles. The van der Waals surface area contributed by atoms with Crippen LogP contribution in [0.4, 0.5) is 0 Å². The van der Waals surface area contributed by atoms with Crippen LogP contribution < -0.4 is 0 Å². The number of hydrogen-bond donors (Lipinski definition) is 1. The van der Waals surface area contributed by atoms with Crippen LogP contribution in [-0.2, 0) is 6.42 Å². The van der Waals surface area contributed by atoms with Crippen molar-refractivity contribution in [3.63, 3.8) is 0 Å². The van der Waals surface area contributed by atoms with Crippen LogP contribution in [0, 0.1) is 0 Å². The monoisotopic (exact) mass is 334 g/mol. The summed E-state index contributed by atoms with van der Waals surface area (Å²) in [6.45, 7) is 4.32. The topological polar surface area (TPSA) is 55.1 Å². The molecular formula is C21H22N2O2. The number of hydrogen-bond acceptors (Lipinski definition) is 2. The molecule has 0 unspecified atom stereocenters. The summed E-state index contributed by atoms with van der Waals surface area (Å²) in [6.07, 6.45) is 6.77. The molecule has 0 amide bonds. The average Bonchev–Trinajstić information content (AvgIpc) is 3.33. The predicted octanol–water partition coefficient (Wildman–Crippen LogP) is 4.78. The van der Waals surface area contributed by atoms with E-state index in [2.05, 4.69) is 47.8 Å². The smallest absolute Gasteiger partial charge is 0.337 e. The Bertz CT molecular complexity index is 952. The number of pyridine rings is 1. The Labute approximate surface area is 147 Å². The second-order valence-electron chi connectivity index (χ2n) is 7.19. The largest absolute Gasteiger partial charge is 0.478 e. The van der Waals surface area contributed by atoms with Gasteiger partial charge >= 0.3 is 5.97 Å². The van der Waals surface area contributed by atoms with Gasteiger partial charge in [-0.3, -0.25) is 4.98 Å². The van der Waals surface area contributed by atoms with E-state index in [1.54, 1.807) is 0 Å². The fourth-order valence-corrected chi connectivity index (χ4v) is 3.51. The van der Waals surface area contributed by atoms with Gasteiger partial charge in [-0.25, -0.2) is 4.79 Å². The lowest BCUT2D eigenvalue weighted by Gasteiger charge is -2.11. The number of nitrogens with zero attached hydrogens (tertiary/aromatic N) is 2. The zero-order chi connectivity index (χ0) is 17.6. The van der Waals surface area contributed by atoms with Crippen LogP contribution in [0.5, 0.6) is 0 Å². The van der Waals surface area contributed by atoms with Crippen molar-refractivity contribution in [1.29, 1.82) is 0 Å². The minimum atomic E-state index is -0.892. The van der Waals surface area contributed by atoms with Gasteiger partial charge in [0.15, 0.2) is 0 Å². The molecule has 3 aromatic rings. The molecule has 1 fully saturated rings. The van der Waals surface area contributed by atoms with Crippen molar-refractivity contribution < 1.29 is 9.90 Å². The lowest BCUT2D eigenvalue weighted by Crippen LogP contribution is -2.07. The number of aromatic nitrogens is 2. The zero-order valence-corrected chi connectivity index (χ0v) is 14.6. The van der Waals surface area contributed by atoms with Crippen LogP contribution in [0.15, 0.2) is 42.7 Å². The number of benzene rings is 1. The zero-order valence-electron chi connectivity index (χ0n) is 14.6. The lowest BCUT2D eigenvalue weighted by molar-refractivity contribution is 0.0695. The number of carbonyl (C=O) groups is 1. The summed E-state index contributed by atoms with van der Waals surface area (Å²) < 4.78 is 2.24. The second kappa shape index (κ2) is 6.03. The molecule has 128 valence electrons. The summed E-state index contributed by atoms with van der Waals surface area (Å²) in [5, 5.41) is 10.8. The maximum Gasteiger partial charge on any atom is 0.337 e. The first-order valence-corrected chi connectivity index (χ1v) is 8.85. The summed E-state index contributed by atoms with van der Waals surface area (Å²) in [5.41, 5.74) is 4.33. The number of carboxylic acid groups (broad SMARTS) is 1. The summed E-state index contributed by atoms with van der Waals surface area (Å²) >= 11 is 0. The Balaban J connectivity index is 1.75. The molecule has 4 nitrogen and oxygen atoms in total.